The van der Waals surface area contributed by atoms with Crippen molar-refractivity contribution in [3.8, 4) is 0 Å². The summed E-state index contributed by atoms with van der Waals surface area (Å²) in [7, 11) is 0. The van der Waals surface area contributed by atoms with Crippen molar-refractivity contribution in [1.82, 2.24) is 10.6 Å². The van der Waals surface area contributed by atoms with E-state index in [1.165, 1.54) is 0 Å². The lowest BCUT2D eigenvalue weighted by Crippen LogP contribution is -2.54. The van der Waals surface area contributed by atoms with E-state index in [-0.39, 0.29) is 19.1 Å². The van der Waals surface area contributed by atoms with Gasteiger partial charge in [0.15, 0.2) is 5.79 Å². The highest BCUT2D eigenvalue weighted by molar-refractivity contribution is 5.84. The van der Waals surface area contributed by atoms with Crippen LogP contribution in [0.15, 0.2) is 60.7 Å². The number of ether oxygens (including phenoxy) is 3. The number of carboxylic acid groups (broad SMARTS) is 1. The molecule has 1 saturated heterocycles. The van der Waals surface area contributed by atoms with Crippen molar-refractivity contribution in [1.29, 1.82) is 0 Å². The van der Waals surface area contributed by atoms with Crippen LogP contribution < -0.4 is 10.6 Å². The summed E-state index contributed by atoms with van der Waals surface area (Å²) in [5, 5.41) is 15.0. The normalized spacial score (nSPS) is 18.9. The van der Waals surface area contributed by atoms with E-state index in [0.717, 1.165) is 11.1 Å². The zero-order chi connectivity index (χ0) is 26.8. The van der Waals surface area contributed by atoms with Crippen LogP contribution in [0.25, 0.3) is 0 Å². The summed E-state index contributed by atoms with van der Waals surface area (Å²) >= 11 is 0. The second kappa shape index (κ2) is 13.3. The number of hydrogen-bond acceptors (Lipinski definition) is 7. The van der Waals surface area contributed by atoms with Gasteiger partial charge in [0.1, 0.15) is 18.8 Å². The molecule has 0 aliphatic carbocycles. The Bertz CT molecular complexity index is 1030. The molecule has 1 aliphatic rings. The highest BCUT2D eigenvalue weighted by Crippen LogP contribution is 2.22. The van der Waals surface area contributed by atoms with Gasteiger partial charge in [-0.2, -0.15) is 0 Å². The van der Waals surface area contributed by atoms with Gasteiger partial charge in [-0.25, -0.2) is 0 Å². The summed E-state index contributed by atoms with van der Waals surface area (Å²) in [6.07, 6.45) is 0.0190. The second-order valence-corrected chi connectivity index (χ2v) is 9.74. The van der Waals surface area contributed by atoms with E-state index >= 15 is 0 Å². The lowest BCUT2D eigenvalue weighted by atomic mass is 10.0. The van der Waals surface area contributed by atoms with E-state index in [9.17, 15) is 14.4 Å². The Kier molecular flexibility index (Phi) is 10.2. The van der Waals surface area contributed by atoms with Gasteiger partial charge in [-0.1, -0.05) is 60.7 Å². The second-order valence-electron chi connectivity index (χ2n) is 9.74. The van der Waals surface area contributed by atoms with Gasteiger partial charge in [0.25, 0.3) is 0 Å². The number of carbonyl (C=O) groups is 3. The Morgan fingerprint density at radius 3 is 2.08 bits per heavy atom. The molecule has 0 radical (unpaired) electrons. The maximum absolute atomic E-state index is 13.3. The van der Waals surface area contributed by atoms with E-state index in [2.05, 4.69) is 10.6 Å². The highest BCUT2D eigenvalue weighted by atomic mass is 16.7. The number of carboxylic acids is 1. The summed E-state index contributed by atoms with van der Waals surface area (Å²) in [6.45, 7) is 5.57. The summed E-state index contributed by atoms with van der Waals surface area (Å²) < 4.78 is 16.9. The molecule has 9 nitrogen and oxygen atoms in total. The molecule has 0 saturated carbocycles. The largest absolute Gasteiger partial charge is 0.481 e. The third kappa shape index (κ3) is 9.60. The predicted molar refractivity (Wildman–Crippen MR) is 137 cm³/mol. The van der Waals surface area contributed by atoms with E-state index in [1.54, 1.807) is 20.8 Å². The Morgan fingerprint density at radius 2 is 1.57 bits per heavy atom. The molecule has 2 aromatic rings. The fourth-order valence-corrected chi connectivity index (χ4v) is 4.16. The SMILES string of the molecule is C[C@H](CC(=O)O)NC(=O)[C@H](Cc1ccccc1)NC(Cc1ccccc1)C(=O)OCC1COC(C)(C)O1. The topological polar surface area (TPSA) is 123 Å². The molecule has 0 bridgehead atoms. The maximum Gasteiger partial charge on any atom is 0.323 e. The van der Waals surface area contributed by atoms with Crippen LogP contribution >= 0.6 is 0 Å². The molecule has 200 valence electrons. The fraction of sp³-hybridized carbons (Fsp3) is 0.464. The first kappa shape index (κ1) is 28.3. The number of esters is 1. The van der Waals surface area contributed by atoms with Crippen molar-refractivity contribution >= 4 is 17.8 Å². The summed E-state index contributed by atoms with van der Waals surface area (Å²) in [5.74, 6) is -2.64. The quantitative estimate of drug-likeness (QED) is 0.350. The van der Waals surface area contributed by atoms with Crippen LogP contribution in [-0.2, 0) is 41.4 Å². The van der Waals surface area contributed by atoms with Crippen LogP contribution in [0.3, 0.4) is 0 Å². The first-order valence-corrected chi connectivity index (χ1v) is 12.5. The molecule has 0 spiro atoms. The average molecular weight is 513 g/mol. The number of aliphatic carboxylic acids is 1. The molecule has 1 aliphatic heterocycles. The van der Waals surface area contributed by atoms with Crippen LogP contribution in [-0.4, -0.2) is 66.2 Å². The Morgan fingerprint density at radius 1 is 1.00 bits per heavy atom. The van der Waals surface area contributed by atoms with E-state index in [4.69, 9.17) is 19.3 Å². The fourth-order valence-electron chi connectivity index (χ4n) is 4.16. The van der Waals surface area contributed by atoms with Crippen LogP contribution in [0, 0.1) is 0 Å². The molecular weight excluding hydrogens is 476 g/mol. The molecule has 3 rings (SSSR count). The number of nitrogens with one attached hydrogen (secondary N) is 2. The zero-order valence-electron chi connectivity index (χ0n) is 21.5. The molecule has 1 heterocycles. The Hall–Kier alpha value is -3.27. The van der Waals surface area contributed by atoms with Crippen molar-refractivity contribution in [3.05, 3.63) is 71.8 Å². The van der Waals surface area contributed by atoms with Crippen molar-refractivity contribution in [2.24, 2.45) is 0 Å². The monoisotopic (exact) mass is 512 g/mol. The van der Waals surface area contributed by atoms with Gasteiger partial charge in [-0.05, 0) is 44.7 Å². The molecule has 2 aromatic carbocycles. The first-order valence-electron chi connectivity index (χ1n) is 12.5. The standard InChI is InChI=1S/C28H36N2O7/c1-19(14-25(31)32)29-26(33)23(15-20-10-6-4-7-11-20)30-24(16-21-12-8-5-9-13-21)27(34)35-17-22-18-36-28(2,3)37-22/h4-13,19,22-24,30H,14-18H2,1-3H3,(H,29,33)(H,31,32)/t19-,22?,23+,24?/m1/s1. The Labute approximate surface area is 217 Å². The highest BCUT2D eigenvalue weighted by Gasteiger charge is 2.35. The van der Waals surface area contributed by atoms with Crippen molar-refractivity contribution in [2.45, 2.75) is 70.1 Å². The molecule has 1 fully saturated rings. The smallest absolute Gasteiger partial charge is 0.323 e. The lowest BCUT2D eigenvalue weighted by Gasteiger charge is -2.26. The molecule has 2 unspecified atom stereocenters. The lowest BCUT2D eigenvalue weighted by molar-refractivity contribution is -0.160. The molecule has 3 N–H and O–H groups in total. The number of benzene rings is 2. The van der Waals surface area contributed by atoms with Gasteiger partial charge in [0, 0.05) is 6.04 Å². The minimum atomic E-state index is -1.01. The number of carbonyl (C=O) groups excluding carboxylic acids is 2. The predicted octanol–water partition coefficient (Wildman–Crippen LogP) is 2.47. The molecular formula is C28H36N2O7. The third-order valence-electron chi connectivity index (χ3n) is 5.92. The molecule has 1 amide bonds. The number of rotatable bonds is 13. The number of amides is 1. The van der Waals surface area contributed by atoms with Crippen LogP contribution in [0.5, 0.6) is 0 Å². The zero-order valence-corrected chi connectivity index (χ0v) is 21.5. The Balaban J connectivity index is 1.76. The average Bonchev–Trinajstić information content (AvgIpc) is 3.20. The van der Waals surface area contributed by atoms with E-state index < -0.39 is 41.8 Å². The molecule has 4 atom stereocenters. The van der Waals surface area contributed by atoms with E-state index in [1.807, 2.05) is 60.7 Å². The minimum Gasteiger partial charge on any atom is -0.481 e. The summed E-state index contributed by atoms with van der Waals surface area (Å²) in [6, 6.07) is 16.7. The maximum atomic E-state index is 13.3. The van der Waals surface area contributed by atoms with Gasteiger partial charge < -0.3 is 24.6 Å². The van der Waals surface area contributed by atoms with Crippen LogP contribution in [0.4, 0.5) is 0 Å². The van der Waals surface area contributed by atoms with Gasteiger partial charge in [-0.15, -0.1) is 0 Å². The summed E-state index contributed by atoms with van der Waals surface area (Å²) in [5.41, 5.74) is 1.79. The van der Waals surface area contributed by atoms with Gasteiger partial charge >= 0.3 is 11.9 Å². The van der Waals surface area contributed by atoms with Crippen molar-refractivity contribution in [3.63, 3.8) is 0 Å². The molecule has 9 heteroatoms. The third-order valence-corrected chi connectivity index (χ3v) is 5.92. The summed E-state index contributed by atoms with van der Waals surface area (Å²) in [4.78, 5) is 37.6. The molecule has 0 aromatic heterocycles. The van der Waals surface area contributed by atoms with Crippen LogP contribution in [0.1, 0.15) is 38.3 Å². The molecule has 37 heavy (non-hydrogen) atoms. The van der Waals surface area contributed by atoms with Crippen LogP contribution in [0.2, 0.25) is 0 Å². The van der Waals surface area contributed by atoms with Gasteiger partial charge in [0.2, 0.25) is 5.91 Å². The van der Waals surface area contributed by atoms with E-state index in [0.29, 0.717) is 19.4 Å². The first-order chi connectivity index (χ1) is 17.6. The van der Waals surface area contributed by atoms with Crippen molar-refractivity contribution in [2.75, 3.05) is 13.2 Å². The van der Waals surface area contributed by atoms with Gasteiger partial charge in [-0.3, -0.25) is 19.7 Å². The number of hydrogen-bond donors (Lipinski definition) is 3. The minimum absolute atomic E-state index is 0.0282. The van der Waals surface area contributed by atoms with Crippen molar-refractivity contribution < 1.29 is 33.7 Å². The van der Waals surface area contributed by atoms with Gasteiger partial charge in [0.05, 0.1) is 19.1 Å².